The molecule has 2 aromatic rings. The molecule has 0 fully saturated rings. The summed E-state index contributed by atoms with van der Waals surface area (Å²) in [5.41, 5.74) is 2.11. The van der Waals surface area contributed by atoms with Gasteiger partial charge in [0.05, 0.1) is 11.7 Å². The highest BCUT2D eigenvalue weighted by atomic mass is 32.1. The molecule has 4 nitrogen and oxygen atoms in total. The molecule has 0 atom stereocenters. The highest BCUT2D eigenvalue weighted by molar-refractivity contribution is 7.16. The molecule has 0 amide bonds. The van der Waals surface area contributed by atoms with Crippen molar-refractivity contribution < 1.29 is 0 Å². The van der Waals surface area contributed by atoms with Crippen molar-refractivity contribution >= 4 is 21.7 Å². The van der Waals surface area contributed by atoms with Crippen molar-refractivity contribution in [2.75, 3.05) is 0 Å². The van der Waals surface area contributed by atoms with Gasteiger partial charge in [-0.3, -0.25) is 9.89 Å². The maximum Gasteiger partial charge on any atom is 0.219 e. The number of thiazole rings is 1. The SMILES string of the molecule is O=c1cn[nH]c2ncsc12. The molecule has 0 spiro atoms. The topological polar surface area (TPSA) is 58.6 Å². The van der Waals surface area contributed by atoms with E-state index in [0.29, 0.717) is 10.3 Å². The molecule has 2 heterocycles. The van der Waals surface area contributed by atoms with E-state index in [0.717, 1.165) is 0 Å². The number of nitrogens with one attached hydrogen (secondary N) is 1. The van der Waals surface area contributed by atoms with E-state index in [1.165, 1.54) is 17.5 Å². The minimum absolute atomic E-state index is 0.0729. The molecule has 0 aliphatic rings. The van der Waals surface area contributed by atoms with Crippen LogP contribution in [-0.4, -0.2) is 15.2 Å². The van der Waals surface area contributed by atoms with Gasteiger partial charge in [0.2, 0.25) is 5.43 Å². The summed E-state index contributed by atoms with van der Waals surface area (Å²) in [5.74, 6) is 0. The summed E-state index contributed by atoms with van der Waals surface area (Å²) >= 11 is 1.32. The van der Waals surface area contributed by atoms with Gasteiger partial charge < -0.3 is 0 Å². The number of hydrogen-bond donors (Lipinski definition) is 1. The molecule has 0 bridgehead atoms. The summed E-state index contributed by atoms with van der Waals surface area (Å²) in [7, 11) is 0. The Morgan fingerprint density at radius 1 is 1.60 bits per heavy atom. The zero-order chi connectivity index (χ0) is 6.97. The van der Waals surface area contributed by atoms with Crippen molar-refractivity contribution in [1.29, 1.82) is 0 Å². The highest BCUT2D eigenvalue weighted by Crippen LogP contribution is 2.07. The molecule has 0 aliphatic heterocycles. The first kappa shape index (κ1) is 5.55. The summed E-state index contributed by atoms with van der Waals surface area (Å²) < 4.78 is 0.634. The van der Waals surface area contributed by atoms with Gasteiger partial charge >= 0.3 is 0 Å². The van der Waals surface area contributed by atoms with Gasteiger partial charge in [-0.1, -0.05) is 0 Å². The van der Waals surface area contributed by atoms with Crippen molar-refractivity contribution in [3.63, 3.8) is 0 Å². The van der Waals surface area contributed by atoms with E-state index in [1.807, 2.05) is 0 Å². The zero-order valence-electron chi connectivity index (χ0n) is 4.87. The van der Waals surface area contributed by atoms with E-state index in [1.54, 1.807) is 5.51 Å². The van der Waals surface area contributed by atoms with Crippen LogP contribution in [0.3, 0.4) is 0 Å². The molecule has 10 heavy (non-hydrogen) atoms. The Morgan fingerprint density at radius 2 is 2.50 bits per heavy atom. The number of H-pyrrole nitrogens is 1. The van der Waals surface area contributed by atoms with E-state index in [-0.39, 0.29) is 5.43 Å². The Morgan fingerprint density at radius 3 is 3.30 bits per heavy atom. The smallest absolute Gasteiger partial charge is 0.219 e. The van der Waals surface area contributed by atoms with Gasteiger partial charge in [-0.2, -0.15) is 5.10 Å². The number of aromatic nitrogens is 3. The van der Waals surface area contributed by atoms with E-state index < -0.39 is 0 Å². The highest BCUT2D eigenvalue weighted by Gasteiger charge is 1.98. The van der Waals surface area contributed by atoms with Crippen molar-refractivity contribution in [2.24, 2.45) is 0 Å². The Balaban J connectivity index is 3.09. The summed E-state index contributed by atoms with van der Waals surface area (Å²) in [6, 6.07) is 0. The molecule has 0 aliphatic carbocycles. The lowest BCUT2D eigenvalue weighted by atomic mass is 10.5. The average Bonchev–Trinajstić information content (AvgIpc) is 2.36. The van der Waals surface area contributed by atoms with Crippen molar-refractivity contribution in [2.45, 2.75) is 0 Å². The van der Waals surface area contributed by atoms with Crippen LogP contribution in [0.5, 0.6) is 0 Å². The molecule has 0 unspecified atom stereocenters. The molecule has 1 N–H and O–H groups in total. The van der Waals surface area contributed by atoms with Gasteiger partial charge in [-0.25, -0.2) is 4.98 Å². The van der Waals surface area contributed by atoms with Gasteiger partial charge in [0.15, 0.2) is 5.65 Å². The Hall–Kier alpha value is -1.23. The molecule has 2 rings (SSSR count). The molecule has 5 heteroatoms. The first-order chi connectivity index (χ1) is 4.88. The normalized spacial score (nSPS) is 10.4. The van der Waals surface area contributed by atoms with Crippen LogP contribution >= 0.6 is 11.3 Å². The van der Waals surface area contributed by atoms with Crippen LogP contribution in [0, 0.1) is 0 Å². The van der Waals surface area contributed by atoms with E-state index in [9.17, 15) is 4.79 Å². The van der Waals surface area contributed by atoms with Crippen LogP contribution < -0.4 is 5.43 Å². The molecular formula is C5H3N3OS. The van der Waals surface area contributed by atoms with Crippen LogP contribution in [0.1, 0.15) is 0 Å². The maximum absolute atomic E-state index is 10.9. The number of nitrogens with zero attached hydrogens (tertiary/aromatic N) is 2. The number of fused-ring (bicyclic) bond motifs is 1. The van der Waals surface area contributed by atoms with Crippen molar-refractivity contribution in [3.05, 3.63) is 21.9 Å². The van der Waals surface area contributed by atoms with E-state index in [2.05, 4.69) is 15.2 Å². The molecule has 0 saturated heterocycles. The third-order valence-electron chi connectivity index (χ3n) is 1.14. The molecule has 50 valence electrons. The van der Waals surface area contributed by atoms with E-state index >= 15 is 0 Å². The van der Waals surface area contributed by atoms with Gasteiger partial charge in [-0.15, -0.1) is 11.3 Å². The van der Waals surface area contributed by atoms with Crippen LogP contribution in [0.4, 0.5) is 0 Å². The molecule has 0 saturated carbocycles. The lowest BCUT2D eigenvalue weighted by Crippen LogP contribution is -1.99. The number of rotatable bonds is 0. The Bertz CT molecular complexity index is 404. The monoisotopic (exact) mass is 153 g/mol. The second kappa shape index (κ2) is 1.88. The van der Waals surface area contributed by atoms with Crippen molar-refractivity contribution in [1.82, 2.24) is 15.2 Å². The van der Waals surface area contributed by atoms with Crippen LogP contribution in [0.15, 0.2) is 16.5 Å². The number of aromatic amines is 1. The minimum atomic E-state index is -0.0729. The van der Waals surface area contributed by atoms with E-state index in [4.69, 9.17) is 0 Å². The predicted molar refractivity (Wildman–Crippen MR) is 38.0 cm³/mol. The predicted octanol–water partition coefficient (Wildman–Crippen LogP) is 0.380. The summed E-state index contributed by atoms with van der Waals surface area (Å²) in [6.45, 7) is 0. The molecule has 0 aromatic carbocycles. The minimum Gasteiger partial charge on any atom is -0.286 e. The summed E-state index contributed by atoms with van der Waals surface area (Å²) in [4.78, 5) is 14.8. The Kier molecular flexibility index (Phi) is 1.04. The van der Waals surface area contributed by atoms with Crippen LogP contribution in [0.2, 0.25) is 0 Å². The zero-order valence-corrected chi connectivity index (χ0v) is 5.68. The molecule has 2 aromatic heterocycles. The van der Waals surface area contributed by atoms with Crippen molar-refractivity contribution in [3.8, 4) is 0 Å². The first-order valence-electron chi connectivity index (χ1n) is 2.65. The average molecular weight is 153 g/mol. The van der Waals surface area contributed by atoms with Crippen LogP contribution in [-0.2, 0) is 0 Å². The fraction of sp³-hybridized carbons (Fsp3) is 0. The largest absolute Gasteiger partial charge is 0.286 e. The fourth-order valence-electron chi connectivity index (χ4n) is 0.711. The second-order valence-electron chi connectivity index (χ2n) is 1.76. The third-order valence-corrected chi connectivity index (χ3v) is 1.98. The third kappa shape index (κ3) is 0.640. The maximum atomic E-state index is 10.9. The van der Waals surface area contributed by atoms with Gasteiger partial charge in [0, 0.05) is 0 Å². The summed E-state index contributed by atoms with van der Waals surface area (Å²) in [5, 5.41) is 6.21. The van der Waals surface area contributed by atoms with Gasteiger partial charge in [0.25, 0.3) is 0 Å². The second-order valence-corrected chi connectivity index (χ2v) is 2.62. The lowest BCUT2D eigenvalue weighted by molar-refractivity contribution is 1.05. The lowest BCUT2D eigenvalue weighted by Gasteiger charge is -1.81. The molecule has 0 radical (unpaired) electrons. The first-order valence-corrected chi connectivity index (χ1v) is 3.53. The standard InChI is InChI=1S/C5H3N3OS/c9-3-1-7-8-5-4(3)10-2-6-5/h1-2H,(H,8,9). The number of hydrogen-bond acceptors (Lipinski definition) is 4. The molecular weight excluding hydrogens is 150 g/mol. The quantitative estimate of drug-likeness (QED) is 0.595. The Labute approximate surface area is 59.5 Å². The summed E-state index contributed by atoms with van der Waals surface area (Å²) in [6.07, 6.45) is 1.25. The fourth-order valence-corrected chi connectivity index (χ4v) is 1.35. The van der Waals surface area contributed by atoms with Crippen LogP contribution in [0.25, 0.3) is 10.3 Å². The van der Waals surface area contributed by atoms with Gasteiger partial charge in [0.1, 0.15) is 4.70 Å². The van der Waals surface area contributed by atoms with Gasteiger partial charge in [-0.05, 0) is 0 Å².